The number of benzene rings is 1. The molecule has 100 valence electrons. The third-order valence-electron chi connectivity index (χ3n) is 2.73. The van der Waals surface area contributed by atoms with Gasteiger partial charge in [-0.1, -0.05) is 12.1 Å². The van der Waals surface area contributed by atoms with Crippen molar-refractivity contribution < 1.29 is 9.21 Å². The third kappa shape index (κ3) is 2.74. The Hall–Kier alpha value is -2.89. The van der Waals surface area contributed by atoms with E-state index in [0.717, 1.165) is 5.56 Å². The lowest BCUT2D eigenvalue weighted by atomic mass is 10.1. The van der Waals surface area contributed by atoms with Gasteiger partial charge >= 0.3 is 0 Å². The number of oxazole rings is 1. The zero-order valence-electron chi connectivity index (χ0n) is 10.6. The smallest absolute Gasteiger partial charge is 0.246 e. The van der Waals surface area contributed by atoms with Crippen LogP contribution < -0.4 is 5.32 Å². The maximum absolute atomic E-state index is 11.9. The fourth-order valence-corrected chi connectivity index (χ4v) is 1.85. The summed E-state index contributed by atoms with van der Waals surface area (Å²) in [4.78, 5) is 15.7. The lowest BCUT2D eigenvalue weighted by Crippen LogP contribution is -2.18. The SMILES string of the molecule is O=C(Cn1cccn1)Nc1cccc(-c2cnco2)c1. The largest absolute Gasteiger partial charge is 0.444 e. The van der Waals surface area contributed by atoms with Crippen molar-refractivity contribution in [1.29, 1.82) is 0 Å². The highest BCUT2D eigenvalue weighted by Gasteiger charge is 2.06. The van der Waals surface area contributed by atoms with Gasteiger partial charge in [-0.25, -0.2) is 4.98 Å². The van der Waals surface area contributed by atoms with Crippen LogP contribution in [0.15, 0.2) is 59.7 Å². The van der Waals surface area contributed by atoms with Crippen LogP contribution in [0.25, 0.3) is 11.3 Å². The lowest BCUT2D eigenvalue weighted by Gasteiger charge is -2.06. The van der Waals surface area contributed by atoms with Crippen LogP contribution in [-0.2, 0) is 11.3 Å². The topological polar surface area (TPSA) is 73.0 Å². The molecule has 20 heavy (non-hydrogen) atoms. The molecule has 6 nitrogen and oxygen atoms in total. The minimum Gasteiger partial charge on any atom is -0.444 e. The number of carbonyl (C=O) groups excluding carboxylic acids is 1. The molecule has 1 N–H and O–H groups in total. The van der Waals surface area contributed by atoms with Crippen LogP contribution in [0.5, 0.6) is 0 Å². The van der Waals surface area contributed by atoms with Crippen molar-refractivity contribution in [2.45, 2.75) is 6.54 Å². The van der Waals surface area contributed by atoms with E-state index in [1.54, 1.807) is 29.3 Å². The summed E-state index contributed by atoms with van der Waals surface area (Å²) in [6.45, 7) is 0.180. The summed E-state index contributed by atoms with van der Waals surface area (Å²) in [7, 11) is 0. The van der Waals surface area contributed by atoms with E-state index >= 15 is 0 Å². The maximum Gasteiger partial charge on any atom is 0.246 e. The summed E-state index contributed by atoms with van der Waals surface area (Å²) in [5.74, 6) is 0.525. The second kappa shape index (κ2) is 5.40. The zero-order valence-corrected chi connectivity index (χ0v) is 10.6. The van der Waals surface area contributed by atoms with Crippen LogP contribution in [0, 0.1) is 0 Å². The third-order valence-corrected chi connectivity index (χ3v) is 2.73. The molecule has 1 aromatic carbocycles. The Labute approximate surface area is 115 Å². The number of aromatic nitrogens is 3. The molecule has 6 heteroatoms. The van der Waals surface area contributed by atoms with Crippen LogP contribution >= 0.6 is 0 Å². The van der Waals surface area contributed by atoms with Gasteiger partial charge in [-0.05, 0) is 18.2 Å². The van der Waals surface area contributed by atoms with Crippen molar-refractivity contribution >= 4 is 11.6 Å². The highest BCUT2D eigenvalue weighted by atomic mass is 16.3. The molecule has 2 aromatic heterocycles. The molecular formula is C14H12N4O2. The van der Waals surface area contributed by atoms with E-state index < -0.39 is 0 Å². The maximum atomic E-state index is 11.9. The van der Waals surface area contributed by atoms with E-state index in [2.05, 4.69) is 15.4 Å². The van der Waals surface area contributed by atoms with E-state index in [-0.39, 0.29) is 12.5 Å². The Morgan fingerprint density at radius 2 is 2.30 bits per heavy atom. The average molecular weight is 268 g/mol. The summed E-state index contributed by atoms with van der Waals surface area (Å²) in [5.41, 5.74) is 1.57. The van der Waals surface area contributed by atoms with Gasteiger partial charge in [-0.3, -0.25) is 9.48 Å². The van der Waals surface area contributed by atoms with E-state index in [1.165, 1.54) is 6.39 Å². The molecular weight excluding hydrogens is 256 g/mol. The van der Waals surface area contributed by atoms with Gasteiger partial charge in [0.1, 0.15) is 6.54 Å². The molecule has 0 unspecified atom stereocenters. The highest BCUT2D eigenvalue weighted by Crippen LogP contribution is 2.21. The fourth-order valence-electron chi connectivity index (χ4n) is 1.85. The van der Waals surface area contributed by atoms with E-state index in [0.29, 0.717) is 11.4 Å². The number of carbonyl (C=O) groups is 1. The molecule has 0 aliphatic heterocycles. The Bertz CT molecular complexity index is 690. The van der Waals surface area contributed by atoms with Crippen molar-refractivity contribution in [1.82, 2.24) is 14.8 Å². The van der Waals surface area contributed by atoms with Crippen molar-refractivity contribution in [3.63, 3.8) is 0 Å². The minimum atomic E-state index is -0.136. The summed E-state index contributed by atoms with van der Waals surface area (Å²) >= 11 is 0. The first-order chi connectivity index (χ1) is 9.81. The fraction of sp³-hybridized carbons (Fsp3) is 0.0714. The zero-order chi connectivity index (χ0) is 13.8. The van der Waals surface area contributed by atoms with Crippen LogP contribution in [0.3, 0.4) is 0 Å². The summed E-state index contributed by atoms with van der Waals surface area (Å²) in [5, 5.41) is 6.81. The first-order valence-corrected chi connectivity index (χ1v) is 6.07. The van der Waals surface area contributed by atoms with E-state index in [9.17, 15) is 4.79 Å². The summed E-state index contributed by atoms with van der Waals surface area (Å²) < 4.78 is 6.79. The molecule has 0 aliphatic rings. The standard InChI is InChI=1S/C14H12N4O2/c19-14(9-18-6-2-5-16-18)17-12-4-1-3-11(7-12)13-8-15-10-20-13/h1-8,10H,9H2,(H,17,19). The molecule has 0 spiro atoms. The van der Waals surface area contributed by atoms with Gasteiger partial charge in [0.05, 0.1) is 6.20 Å². The van der Waals surface area contributed by atoms with Gasteiger partial charge in [0.15, 0.2) is 12.2 Å². The van der Waals surface area contributed by atoms with Gasteiger partial charge in [0.25, 0.3) is 0 Å². The first kappa shape index (κ1) is 12.2. The average Bonchev–Trinajstić information content (AvgIpc) is 3.11. The van der Waals surface area contributed by atoms with Crippen LogP contribution in [0.1, 0.15) is 0 Å². The number of nitrogens with zero attached hydrogens (tertiary/aromatic N) is 3. The molecule has 0 aliphatic carbocycles. The molecule has 0 saturated heterocycles. The number of anilines is 1. The van der Waals surface area contributed by atoms with Crippen molar-refractivity contribution in [3.05, 3.63) is 55.3 Å². The molecule has 0 radical (unpaired) electrons. The number of nitrogens with one attached hydrogen (secondary N) is 1. The number of hydrogen-bond acceptors (Lipinski definition) is 4. The van der Waals surface area contributed by atoms with Gasteiger partial charge in [0.2, 0.25) is 5.91 Å². The first-order valence-electron chi connectivity index (χ1n) is 6.07. The molecule has 0 bridgehead atoms. The van der Waals surface area contributed by atoms with E-state index in [4.69, 9.17) is 4.42 Å². The molecule has 0 fully saturated rings. The molecule has 0 saturated carbocycles. The predicted octanol–water partition coefficient (Wildman–Crippen LogP) is 2.18. The van der Waals surface area contributed by atoms with Gasteiger partial charge in [-0.2, -0.15) is 5.10 Å². The van der Waals surface area contributed by atoms with Crippen LogP contribution in [0.2, 0.25) is 0 Å². The predicted molar refractivity (Wildman–Crippen MR) is 72.8 cm³/mol. The molecule has 3 rings (SSSR count). The van der Waals surface area contributed by atoms with Crippen LogP contribution in [-0.4, -0.2) is 20.7 Å². The second-order valence-electron chi connectivity index (χ2n) is 4.20. The monoisotopic (exact) mass is 268 g/mol. The number of rotatable bonds is 4. The Kier molecular flexibility index (Phi) is 3.28. The molecule has 0 atom stereocenters. The quantitative estimate of drug-likeness (QED) is 0.787. The molecule has 3 aromatic rings. The van der Waals surface area contributed by atoms with Crippen molar-refractivity contribution in [3.8, 4) is 11.3 Å². The summed E-state index contributed by atoms with van der Waals surface area (Å²) in [6.07, 6.45) is 6.38. The number of hydrogen-bond donors (Lipinski definition) is 1. The van der Waals surface area contributed by atoms with Crippen LogP contribution in [0.4, 0.5) is 5.69 Å². The second-order valence-corrected chi connectivity index (χ2v) is 4.20. The Balaban J connectivity index is 1.71. The van der Waals surface area contributed by atoms with Gasteiger partial charge < -0.3 is 9.73 Å². The number of amides is 1. The molecule has 1 amide bonds. The van der Waals surface area contributed by atoms with E-state index in [1.807, 2.05) is 24.3 Å². The normalized spacial score (nSPS) is 10.4. The van der Waals surface area contributed by atoms with Gasteiger partial charge in [0, 0.05) is 23.6 Å². The Morgan fingerprint density at radius 3 is 3.05 bits per heavy atom. The minimum absolute atomic E-state index is 0.136. The van der Waals surface area contributed by atoms with Gasteiger partial charge in [-0.15, -0.1) is 0 Å². The van der Waals surface area contributed by atoms with Crippen molar-refractivity contribution in [2.24, 2.45) is 0 Å². The highest BCUT2D eigenvalue weighted by molar-refractivity contribution is 5.91. The molecule has 2 heterocycles. The lowest BCUT2D eigenvalue weighted by molar-refractivity contribution is -0.116. The summed E-state index contributed by atoms with van der Waals surface area (Å²) in [6, 6.07) is 9.17. The Morgan fingerprint density at radius 1 is 1.35 bits per heavy atom. The van der Waals surface area contributed by atoms with Crippen molar-refractivity contribution in [2.75, 3.05) is 5.32 Å².